The lowest BCUT2D eigenvalue weighted by Crippen LogP contribution is -2.43. The molecule has 1 amide bonds. The molecule has 0 saturated carbocycles. The molecule has 0 saturated heterocycles. The van der Waals surface area contributed by atoms with Crippen LogP contribution in [0.5, 0.6) is 5.75 Å². The predicted molar refractivity (Wildman–Crippen MR) is 158 cm³/mol. The number of nitrogens with zero attached hydrogens (tertiary/aromatic N) is 2. The van der Waals surface area contributed by atoms with Gasteiger partial charge in [-0.25, -0.2) is 14.6 Å². The number of unbranched alkanes of at least 4 members (excludes halogenated alkanes) is 1. The molecule has 0 fully saturated rings. The van der Waals surface area contributed by atoms with Crippen LogP contribution in [0.15, 0.2) is 72.8 Å². The number of anilines is 1. The normalized spacial score (nSPS) is 13.1. The number of carbonyl (C=O) groups is 2. The van der Waals surface area contributed by atoms with E-state index < -0.39 is 18.1 Å². The third-order valence-electron chi connectivity index (χ3n) is 7.07. The van der Waals surface area contributed by atoms with Crippen LogP contribution in [0.4, 0.5) is 10.6 Å². The molecule has 0 bridgehead atoms. The lowest BCUT2D eigenvalue weighted by Gasteiger charge is -2.24. The molecule has 2 aromatic carbocycles. The molecule has 2 heterocycles. The minimum Gasteiger partial charge on any atom is -0.492 e. The molecule has 41 heavy (non-hydrogen) atoms. The molecular formula is C32H40N4O5. The molecule has 1 aromatic heterocycles. The van der Waals surface area contributed by atoms with Crippen molar-refractivity contribution in [3.8, 4) is 5.75 Å². The maximum atomic E-state index is 12.3. The van der Waals surface area contributed by atoms with E-state index in [9.17, 15) is 14.7 Å². The lowest BCUT2D eigenvalue weighted by molar-refractivity contribution is -0.139. The molecule has 0 aliphatic carbocycles. The SMILES string of the molecule is O=C(N[C@@H](CCN(CCCCc1ccc2c(n1)NCCC2)CCOc1ccccc1)C(=O)O)OCc1ccccc1. The van der Waals surface area contributed by atoms with Crippen LogP contribution in [0.25, 0.3) is 0 Å². The number of amides is 1. The maximum absolute atomic E-state index is 12.3. The average molecular weight is 561 g/mol. The van der Waals surface area contributed by atoms with Crippen LogP contribution in [-0.4, -0.2) is 65.9 Å². The summed E-state index contributed by atoms with van der Waals surface area (Å²) in [6.45, 7) is 3.45. The molecule has 3 N–H and O–H groups in total. The molecule has 1 aliphatic rings. The largest absolute Gasteiger partial charge is 0.492 e. The van der Waals surface area contributed by atoms with Crippen molar-refractivity contribution in [1.29, 1.82) is 0 Å². The monoisotopic (exact) mass is 560 g/mol. The van der Waals surface area contributed by atoms with Gasteiger partial charge in [0.15, 0.2) is 0 Å². The number of carbonyl (C=O) groups excluding carboxylic acids is 1. The maximum Gasteiger partial charge on any atom is 0.408 e. The van der Waals surface area contributed by atoms with Gasteiger partial charge in [0.05, 0.1) is 0 Å². The Hall–Kier alpha value is -4.11. The number of aryl methyl sites for hydroxylation is 2. The Morgan fingerprint density at radius 2 is 1.76 bits per heavy atom. The second-order valence-electron chi connectivity index (χ2n) is 10.2. The average Bonchev–Trinajstić information content (AvgIpc) is 3.00. The summed E-state index contributed by atoms with van der Waals surface area (Å²) in [6.07, 6.45) is 4.51. The van der Waals surface area contributed by atoms with E-state index in [-0.39, 0.29) is 13.0 Å². The van der Waals surface area contributed by atoms with E-state index in [0.717, 1.165) is 68.0 Å². The zero-order valence-corrected chi connectivity index (χ0v) is 23.5. The predicted octanol–water partition coefficient (Wildman–Crippen LogP) is 4.91. The summed E-state index contributed by atoms with van der Waals surface area (Å²) in [5.74, 6) is 0.725. The number of aromatic nitrogens is 1. The van der Waals surface area contributed by atoms with Gasteiger partial charge in [0.1, 0.15) is 30.8 Å². The molecule has 9 nitrogen and oxygen atoms in total. The molecular weight excluding hydrogens is 520 g/mol. The summed E-state index contributed by atoms with van der Waals surface area (Å²) in [5, 5.41) is 15.6. The third kappa shape index (κ3) is 10.4. The van der Waals surface area contributed by atoms with Gasteiger partial charge in [0, 0.05) is 25.3 Å². The number of carboxylic acid groups (broad SMARTS) is 1. The number of rotatable bonds is 16. The molecule has 9 heteroatoms. The fourth-order valence-electron chi connectivity index (χ4n) is 4.77. The number of carboxylic acids is 1. The van der Waals surface area contributed by atoms with E-state index in [4.69, 9.17) is 14.5 Å². The van der Waals surface area contributed by atoms with Crippen LogP contribution in [0.1, 0.15) is 42.5 Å². The summed E-state index contributed by atoms with van der Waals surface area (Å²) in [4.78, 5) is 31.2. The Balaban J connectivity index is 1.26. The molecule has 1 aliphatic heterocycles. The van der Waals surface area contributed by atoms with E-state index in [1.807, 2.05) is 60.7 Å². The molecule has 0 spiro atoms. The fourth-order valence-corrected chi connectivity index (χ4v) is 4.77. The first-order chi connectivity index (χ1) is 20.1. The smallest absolute Gasteiger partial charge is 0.408 e. The van der Waals surface area contributed by atoms with Crippen molar-refractivity contribution in [2.24, 2.45) is 0 Å². The minimum absolute atomic E-state index is 0.0805. The number of pyridine rings is 1. The highest BCUT2D eigenvalue weighted by molar-refractivity contribution is 5.79. The van der Waals surface area contributed by atoms with Gasteiger partial charge < -0.3 is 25.2 Å². The summed E-state index contributed by atoms with van der Waals surface area (Å²) in [7, 11) is 0. The summed E-state index contributed by atoms with van der Waals surface area (Å²) in [6, 6.07) is 22.1. The Labute approximate surface area is 241 Å². The number of hydrogen-bond acceptors (Lipinski definition) is 7. The van der Waals surface area contributed by atoms with E-state index in [1.54, 1.807) is 0 Å². The molecule has 4 rings (SSSR count). The molecule has 0 unspecified atom stereocenters. The van der Waals surface area contributed by atoms with Gasteiger partial charge in [-0.05, 0) is 74.4 Å². The molecule has 0 radical (unpaired) electrons. The Morgan fingerprint density at radius 3 is 2.54 bits per heavy atom. The quantitative estimate of drug-likeness (QED) is 0.212. The Bertz CT molecular complexity index is 1230. The van der Waals surface area contributed by atoms with Gasteiger partial charge in [-0.15, -0.1) is 0 Å². The number of alkyl carbamates (subject to hydrolysis) is 1. The number of ether oxygens (including phenoxy) is 2. The summed E-state index contributed by atoms with van der Waals surface area (Å²) < 4.78 is 11.1. The zero-order valence-electron chi connectivity index (χ0n) is 23.5. The van der Waals surface area contributed by atoms with Crippen LogP contribution >= 0.6 is 0 Å². The van der Waals surface area contributed by atoms with Gasteiger partial charge in [-0.2, -0.15) is 0 Å². The number of hydrogen-bond donors (Lipinski definition) is 3. The number of para-hydroxylation sites is 1. The zero-order chi connectivity index (χ0) is 28.7. The highest BCUT2D eigenvalue weighted by Crippen LogP contribution is 2.20. The third-order valence-corrected chi connectivity index (χ3v) is 7.07. The molecule has 3 aromatic rings. The van der Waals surface area contributed by atoms with E-state index in [2.05, 4.69) is 27.7 Å². The van der Waals surface area contributed by atoms with E-state index >= 15 is 0 Å². The Morgan fingerprint density at radius 1 is 0.976 bits per heavy atom. The van der Waals surface area contributed by atoms with Crippen molar-refractivity contribution in [1.82, 2.24) is 15.2 Å². The summed E-state index contributed by atoms with van der Waals surface area (Å²) >= 11 is 0. The van der Waals surface area contributed by atoms with Gasteiger partial charge in [0.2, 0.25) is 0 Å². The molecule has 218 valence electrons. The van der Waals surface area contributed by atoms with Gasteiger partial charge in [-0.3, -0.25) is 4.90 Å². The standard InChI is InChI=1S/C32H40N4O5/c37-31(38)29(35-32(39)41-24-25-10-3-1-4-11-25)18-21-36(22-23-40-28-14-5-2-6-15-28)20-8-7-13-27-17-16-26-12-9-19-33-30(26)34-27/h1-6,10-11,14-17,29H,7-9,12-13,18-24H2,(H,33,34)(H,35,39)(H,37,38)/t29-/m0/s1. The first-order valence-corrected chi connectivity index (χ1v) is 14.4. The first kappa shape index (κ1) is 29.9. The highest BCUT2D eigenvalue weighted by atomic mass is 16.5. The van der Waals surface area contributed by atoms with Crippen LogP contribution < -0.4 is 15.4 Å². The Kier molecular flexibility index (Phi) is 11.8. The van der Waals surface area contributed by atoms with Crippen LogP contribution in [-0.2, 0) is 29.0 Å². The molecule has 1 atom stereocenters. The number of nitrogens with one attached hydrogen (secondary N) is 2. The second-order valence-corrected chi connectivity index (χ2v) is 10.2. The van der Waals surface area contributed by atoms with Crippen molar-refractivity contribution >= 4 is 17.9 Å². The van der Waals surface area contributed by atoms with Crippen LogP contribution in [0.2, 0.25) is 0 Å². The second kappa shape index (κ2) is 16.2. The van der Waals surface area contributed by atoms with Gasteiger partial charge in [-0.1, -0.05) is 54.6 Å². The highest BCUT2D eigenvalue weighted by Gasteiger charge is 2.22. The van der Waals surface area contributed by atoms with Crippen molar-refractivity contribution in [2.45, 2.75) is 51.2 Å². The van der Waals surface area contributed by atoms with Crippen LogP contribution in [0.3, 0.4) is 0 Å². The van der Waals surface area contributed by atoms with E-state index in [1.165, 1.54) is 5.56 Å². The summed E-state index contributed by atoms with van der Waals surface area (Å²) in [5.41, 5.74) is 3.21. The first-order valence-electron chi connectivity index (χ1n) is 14.4. The number of fused-ring (bicyclic) bond motifs is 1. The van der Waals surface area contributed by atoms with Crippen molar-refractivity contribution in [3.05, 3.63) is 89.6 Å². The van der Waals surface area contributed by atoms with Crippen molar-refractivity contribution in [3.63, 3.8) is 0 Å². The topological polar surface area (TPSA) is 113 Å². The van der Waals surface area contributed by atoms with Crippen LogP contribution in [0, 0.1) is 0 Å². The van der Waals surface area contributed by atoms with Gasteiger partial charge in [0.25, 0.3) is 0 Å². The lowest BCUT2D eigenvalue weighted by atomic mass is 10.1. The van der Waals surface area contributed by atoms with Crippen molar-refractivity contribution < 1.29 is 24.2 Å². The van der Waals surface area contributed by atoms with Gasteiger partial charge >= 0.3 is 12.1 Å². The van der Waals surface area contributed by atoms with E-state index in [0.29, 0.717) is 19.7 Å². The number of benzene rings is 2. The van der Waals surface area contributed by atoms with Crippen molar-refractivity contribution in [2.75, 3.05) is 38.1 Å². The minimum atomic E-state index is -1.09. The fraction of sp³-hybridized carbons (Fsp3) is 0.406. The number of aliphatic carboxylic acids is 1.